The van der Waals surface area contributed by atoms with Crippen LogP contribution in [0.1, 0.15) is 26.7 Å². The fourth-order valence-corrected chi connectivity index (χ4v) is 1.52. The summed E-state index contributed by atoms with van der Waals surface area (Å²) in [4.78, 5) is 2.76. The van der Waals surface area contributed by atoms with Crippen LogP contribution in [0.4, 0.5) is 0 Å². The van der Waals surface area contributed by atoms with Crippen LogP contribution in [0.2, 0.25) is 5.54 Å². The van der Waals surface area contributed by atoms with Crippen LogP contribution in [0.3, 0.4) is 0 Å². The molecule has 0 heterocycles. The smallest absolute Gasteiger partial charge is 0.127 e. The highest BCUT2D eigenvalue weighted by atomic mass is 28.2. The predicted octanol–water partition coefficient (Wildman–Crippen LogP) is 1.99. The van der Waals surface area contributed by atoms with E-state index in [9.17, 15) is 0 Å². The minimum Gasteiger partial charge on any atom is -0.132 e. The van der Waals surface area contributed by atoms with Crippen LogP contribution in [-0.2, 0) is 0 Å². The number of hydrogen-bond donors (Lipinski definition) is 0. The second kappa shape index (κ2) is 5.66. The van der Waals surface area contributed by atoms with Crippen molar-refractivity contribution < 1.29 is 0 Å². The molecule has 0 amide bonds. The van der Waals surface area contributed by atoms with Crippen molar-refractivity contribution in [3.63, 3.8) is 0 Å². The van der Waals surface area contributed by atoms with E-state index >= 15 is 0 Å². The Kier molecular flexibility index (Phi) is 5.36. The Hall–Kier alpha value is -0.473. The van der Waals surface area contributed by atoms with Crippen molar-refractivity contribution in [1.29, 1.82) is 0 Å². The average Bonchev–Trinajstić information content (AvgIpc) is 1.91. The summed E-state index contributed by atoms with van der Waals surface area (Å²) in [5.41, 5.74) is 8.72. The lowest BCUT2D eigenvalue weighted by Crippen LogP contribution is -1.96. The highest BCUT2D eigenvalue weighted by Gasteiger charge is 2.00. The van der Waals surface area contributed by atoms with Gasteiger partial charge in [-0.25, -0.2) is 0 Å². The Morgan fingerprint density at radius 3 is 2.44 bits per heavy atom. The van der Waals surface area contributed by atoms with Crippen LogP contribution in [0.25, 0.3) is 10.4 Å². The molecule has 0 fully saturated rings. The van der Waals surface area contributed by atoms with Gasteiger partial charge in [0.25, 0.3) is 0 Å². The van der Waals surface area contributed by atoms with Gasteiger partial charge in [0.05, 0.1) is 0 Å². The van der Waals surface area contributed by atoms with E-state index in [4.69, 9.17) is 5.53 Å². The molecule has 0 aliphatic heterocycles. The van der Waals surface area contributed by atoms with Crippen molar-refractivity contribution in [3.8, 4) is 0 Å². The van der Waals surface area contributed by atoms with Crippen LogP contribution < -0.4 is 0 Å². The molecule has 0 rings (SSSR count). The van der Waals surface area contributed by atoms with Crippen LogP contribution in [0, 0.1) is 0 Å². The Morgan fingerprint density at radius 2 is 2.11 bits per heavy atom. The quantitative estimate of drug-likeness (QED) is 0.250. The summed E-state index contributed by atoms with van der Waals surface area (Å²) in [6, 6.07) is 0. The standard InChI is InChI=1S/C5H13N3Si/c1-3-5(4-2)9-8-7-6/h5H,3-4,9H2,1-2H3. The molecule has 0 bridgehead atoms. The van der Waals surface area contributed by atoms with Gasteiger partial charge >= 0.3 is 0 Å². The lowest BCUT2D eigenvalue weighted by molar-refractivity contribution is 0.758. The molecule has 0 spiro atoms. The molecule has 0 aliphatic carbocycles. The van der Waals surface area contributed by atoms with E-state index in [1.807, 2.05) is 0 Å². The zero-order valence-electron chi connectivity index (χ0n) is 6.04. The second-order valence-electron chi connectivity index (χ2n) is 2.10. The monoisotopic (exact) mass is 143 g/mol. The van der Waals surface area contributed by atoms with E-state index in [1.54, 1.807) is 0 Å². The molecule has 0 radical (unpaired) electrons. The molecule has 4 heteroatoms. The summed E-state index contributed by atoms with van der Waals surface area (Å²) >= 11 is 0. The molecule has 0 saturated carbocycles. The molecule has 0 aromatic carbocycles. The molecule has 3 nitrogen and oxygen atoms in total. The van der Waals surface area contributed by atoms with E-state index in [0.29, 0.717) is 0 Å². The van der Waals surface area contributed by atoms with Crippen molar-refractivity contribution in [2.24, 2.45) is 4.78 Å². The molecule has 0 atom stereocenters. The Morgan fingerprint density at radius 1 is 1.56 bits per heavy atom. The van der Waals surface area contributed by atoms with Crippen molar-refractivity contribution in [3.05, 3.63) is 10.4 Å². The van der Waals surface area contributed by atoms with Gasteiger partial charge in [0.2, 0.25) is 0 Å². The zero-order valence-corrected chi connectivity index (χ0v) is 7.45. The SMILES string of the molecule is CCC(CC)[SiH2]N=[N+]=[N-]. The van der Waals surface area contributed by atoms with E-state index in [2.05, 4.69) is 23.5 Å². The second-order valence-corrected chi connectivity index (χ2v) is 3.90. The number of nitrogens with zero attached hydrogens (tertiary/aromatic N) is 3. The maximum atomic E-state index is 8.00. The summed E-state index contributed by atoms with van der Waals surface area (Å²) < 4.78 is 3.63. The maximum Gasteiger partial charge on any atom is 0.127 e. The van der Waals surface area contributed by atoms with Crippen molar-refractivity contribution >= 4 is 9.68 Å². The predicted molar refractivity (Wildman–Crippen MR) is 42.0 cm³/mol. The summed E-state index contributed by atoms with van der Waals surface area (Å²) in [5.74, 6) is 0. The molecule has 0 N–H and O–H groups in total. The summed E-state index contributed by atoms with van der Waals surface area (Å²) in [7, 11) is -0.466. The molecule has 0 saturated heterocycles. The highest BCUT2D eigenvalue weighted by Crippen LogP contribution is 2.12. The Labute approximate surface area is 58.0 Å². The normalized spacial score (nSPS) is 10.6. The molecular formula is C5H13N3Si. The van der Waals surface area contributed by atoms with Crippen LogP contribution >= 0.6 is 0 Å². The molecule has 9 heavy (non-hydrogen) atoms. The number of rotatable bonds is 4. The van der Waals surface area contributed by atoms with Gasteiger partial charge in [-0.2, -0.15) is 0 Å². The van der Waals surface area contributed by atoms with E-state index in [1.165, 1.54) is 12.8 Å². The van der Waals surface area contributed by atoms with Gasteiger partial charge in [-0.15, -0.1) is 4.78 Å². The number of azide groups is 1. The first-order valence-corrected chi connectivity index (χ1v) is 4.80. The Balaban J connectivity index is 3.42. The van der Waals surface area contributed by atoms with Gasteiger partial charge in [0.1, 0.15) is 9.68 Å². The van der Waals surface area contributed by atoms with Crippen LogP contribution in [0.15, 0.2) is 4.78 Å². The average molecular weight is 143 g/mol. The van der Waals surface area contributed by atoms with E-state index < -0.39 is 9.68 Å². The highest BCUT2D eigenvalue weighted by molar-refractivity contribution is 6.35. The van der Waals surface area contributed by atoms with Crippen LogP contribution in [0.5, 0.6) is 0 Å². The number of hydrogen-bond acceptors (Lipinski definition) is 1. The van der Waals surface area contributed by atoms with Crippen LogP contribution in [-0.4, -0.2) is 9.68 Å². The van der Waals surface area contributed by atoms with Gasteiger partial charge in [0.15, 0.2) is 0 Å². The summed E-state index contributed by atoms with van der Waals surface area (Å²) in [5, 5.41) is 0. The molecule has 52 valence electrons. The third-order valence-electron chi connectivity index (χ3n) is 1.56. The largest absolute Gasteiger partial charge is 0.132 e. The third-order valence-corrected chi connectivity index (χ3v) is 3.52. The zero-order chi connectivity index (χ0) is 7.11. The third kappa shape index (κ3) is 4.06. The van der Waals surface area contributed by atoms with E-state index in [0.717, 1.165) is 5.54 Å². The first-order chi connectivity index (χ1) is 4.35. The van der Waals surface area contributed by atoms with Gasteiger partial charge in [-0.3, -0.25) is 0 Å². The van der Waals surface area contributed by atoms with Gasteiger partial charge in [-0.05, 0) is 16.0 Å². The van der Waals surface area contributed by atoms with Gasteiger partial charge < -0.3 is 0 Å². The van der Waals surface area contributed by atoms with Gasteiger partial charge in [0, 0.05) is 0 Å². The van der Waals surface area contributed by atoms with Crippen molar-refractivity contribution in [1.82, 2.24) is 0 Å². The molecule has 0 unspecified atom stereocenters. The molecule has 0 aromatic rings. The lowest BCUT2D eigenvalue weighted by atomic mass is 10.3. The van der Waals surface area contributed by atoms with Crippen molar-refractivity contribution in [2.75, 3.05) is 0 Å². The first kappa shape index (κ1) is 8.53. The first-order valence-electron chi connectivity index (χ1n) is 3.36. The molecule has 0 aliphatic rings. The maximum absolute atomic E-state index is 8.00. The molecular weight excluding hydrogens is 130 g/mol. The minimum absolute atomic E-state index is 0.466. The summed E-state index contributed by atoms with van der Waals surface area (Å²) in [6.45, 7) is 4.29. The minimum atomic E-state index is -0.466. The van der Waals surface area contributed by atoms with Gasteiger partial charge in [-0.1, -0.05) is 26.7 Å². The van der Waals surface area contributed by atoms with Crippen molar-refractivity contribution in [2.45, 2.75) is 32.2 Å². The van der Waals surface area contributed by atoms with E-state index in [-0.39, 0.29) is 0 Å². The topological polar surface area (TPSA) is 48.8 Å². The Bertz CT molecular complexity index is 105. The molecule has 0 aromatic heterocycles. The summed E-state index contributed by atoms with van der Waals surface area (Å²) in [6.07, 6.45) is 2.34. The fourth-order valence-electron chi connectivity index (χ4n) is 0.699. The lowest BCUT2D eigenvalue weighted by Gasteiger charge is -2.04. The fraction of sp³-hybridized carbons (Fsp3) is 1.00.